The summed E-state index contributed by atoms with van der Waals surface area (Å²) in [5, 5.41) is 5.34. The Labute approximate surface area is 127 Å². The van der Waals surface area contributed by atoms with E-state index in [4.69, 9.17) is 4.74 Å². The molecule has 0 atom stereocenters. The Morgan fingerprint density at radius 3 is 2.76 bits per heavy atom. The molecule has 0 spiro atoms. The van der Waals surface area contributed by atoms with E-state index in [9.17, 15) is 4.79 Å². The molecule has 1 aliphatic carbocycles. The molecule has 1 aliphatic rings. The molecule has 1 saturated carbocycles. The third-order valence-corrected chi connectivity index (χ3v) is 4.10. The molecule has 5 nitrogen and oxygen atoms in total. The number of thiazole rings is 1. The summed E-state index contributed by atoms with van der Waals surface area (Å²) < 4.78 is 5.15. The molecule has 6 heteroatoms. The lowest BCUT2D eigenvalue weighted by Crippen LogP contribution is -2.36. The molecule has 1 aromatic heterocycles. The van der Waals surface area contributed by atoms with Gasteiger partial charge in [-0.2, -0.15) is 0 Å². The highest BCUT2D eigenvalue weighted by Crippen LogP contribution is 2.29. The number of benzene rings is 1. The van der Waals surface area contributed by atoms with Crippen LogP contribution in [0.3, 0.4) is 0 Å². The van der Waals surface area contributed by atoms with E-state index in [1.54, 1.807) is 13.3 Å². The van der Waals surface area contributed by atoms with Crippen LogP contribution < -0.4 is 10.1 Å². The topological polar surface area (TPSA) is 54.5 Å². The van der Waals surface area contributed by atoms with Crippen molar-refractivity contribution in [1.29, 1.82) is 0 Å². The summed E-state index contributed by atoms with van der Waals surface area (Å²) in [5.41, 5.74) is 1.09. The van der Waals surface area contributed by atoms with Crippen LogP contribution in [-0.4, -0.2) is 29.1 Å². The normalized spacial score (nSPS) is 13.8. The SMILES string of the molecule is COc1ccc(CN(C(=O)Nc2nccs2)C2CC2)cc1. The molecule has 0 aliphatic heterocycles. The van der Waals surface area contributed by atoms with Gasteiger partial charge in [0.2, 0.25) is 0 Å². The van der Waals surface area contributed by atoms with Crippen molar-refractivity contribution in [2.45, 2.75) is 25.4 Å². The minimum Gasteiger partial charge on any atom is -0.497 e. The van der Waals surface area contributed by atoms with Crippen molar-refractivity contribution in [3.05, 3.63) is 41.4 Å². The van der Waals surface area contributed by atoms with Crippen molar-refractivity contribution < 1.29 is 9.53 Å². The van der Waals surface area contributed by atoms with Crippen LogP contribution in [0.15, 0.2) is 35.8 Å². The third-order valence-electron chi connectivity index (χ3n) is 3.41. The number of urea groups is 1. The second-order valence-electron chi connectivity index (χ2n) is 4.97. The number of nitrogens with one attached hydrogen (secondary N) is 1. The van der Waals surface area contributed by atoms with Gasteiger partial charge >= 0.3 is 6.03 Å². The number of carbonyl (C=O) groups is 1. The monoisotopic (exact) mass is 303 g/mol. The summed E-state index contributed by atoms with van der Waals surface area (Å²) in [7, 11) is 1.65. The lowest BCUT2D eigenvalue weighted by atomic mass is 10.2. The van der Waals surface area contributed by atoms with Gasteiger partial charge in [0.1, 0.15) is 5.75 Å². The van der Waals surface area contributed by atoms with Crippen LogP contribution in [0.25, 0.3) is 0 Å². The number of hydrogen-bond acceptors (Lipinski definition) is 4. The van der Waals surface area contributed by atoms with E-state index in [0.717, 1.165) is 24.2 Å². The lowest BCUT2D eigenvalue weighted by Gasteiger charge is -2.22. The Morgan fingerprint density at radius 2 is 2.19 bits per heavy atom. The number of aromatic nitrogens is 1. The predicted octanol–water partition coefficient (Wildman–Crippen LogP) is 3.35. The molecule has 0 bridgehead atoms. The summed E-state index contributed by atoms with van der Waals surface area (Å²) in [4.78, 5) is 18.3. The maximum Gasteiger partial charge on any atom is 0.324 e. The quantitative estimate of drug-likeness (QED) is 0.921. The van der Waals surface area contributed by atoms with Crippen LogP contribution in [0, 0.1) is 0 Å². The van der Waals surface area contributed by atoms with Crippen LogP contribution in [0.5, 0.6) is 5.75 Å². The van der Waals surface area contributed by atoms with E-state index >= 15 is 0 Å². The Morgan fingerprint density at radius 1 is 1.43 bits per heavy atom. The number of methoxy groups -OCH3 is 1. The number of carbonyl (C=O) groups excluding carboxylic acids is 1. The van der Waals surface area contributed by atoms with E-state index in [1.807, 2.05) is 34.5 Å². The minimum absolute atomic E-state index is 0.0803. The van der Waals surface area contributed by atoms with Crippen LogP contribution >= 0.6 is 11.3 Å². The molecule has 1 fully saturated rings. The average Bonchev–Trinajstić information content (AvgIpc) is 3.22. The highest BCUT2D eigenvalue weighted by molar-refractivity contribution is 7.13. The van der Waals surface area contributed by atoms with Crippen molar-refractivity contribution in [3.63, 3.8) is 0 Å². The predicted molar refractivity (Wildman–Crippen MR) is 82.7 cm³/mol. The van der Waals surface area contributed by atoms with Crippen molar-refractivity contribution >= 4 is 22.5 Å². The van der Waals surface area contributed by atoms with E-state index in [1.165, 1.54) is 11.3 Å². The van der Waals surface area contributed by atoms with Crippen LogP contribution in [0.2, 0.25) is 0 Å². The van der Waals surface area contributed by atoms with E-state index in [-0.39, 0.29) is 6.03 Å². The minimum atomic E-state index is -0.0803. The zero-order valence-electron chi connectivity index (χ0n) is 11.8. The maximum absolute atomic E-state index is 12.4. The van der Waals surface area contributed by atoms with Crippen molar-refractivity contribution in [2.75, 3.05) is 12.4 Å². The first-order valence-electron chi connectivity index (χ1n) is 6.86. The van der Waals surface area contributed by atoms with Gasteiger partial charge < -0.3 is 9.64 Å². The summed E-state index contributed by atoms with van der Waals surface area (Å²) in [5.74, 6) is 0.823. The Bertz CT molecular complexity index is 594. The molecular weight excluding hydrogens is 286 g/mol. The van der Waals surface area contributed by atoms with Gasteiger partial charge in [-0.05, 0) is 30.5 Å². The van der Waals surface area contributed by atoms with Crippen LogP contribution in [-0.2, 0) is 6.54 Å². The number of anilines is 1. The molecule has 3 rings (SSSR count). The largest absolute Gasteiger partial charge is 0.497 e. The first-order valence-corrected chi connectivity index (χ1v) is 7.74. The molecule has 2 aromatic rings. The van der Waals surface area contributed by atoms with Gasteiger partial charge in [0.25, 0.3) is 0 Å². The standard InChI is InChI=1S/C15H17N3O2S/c1-20-13-6-2-11(3-7-13)10-18(12-4-5-12)15(19)17-14-16-8-9-21-14/h2-3,6-9,12H,4-5,10H2,1H3,(H,16,17,19). The second-order valence-corrected chi connectivity index (χ2v) is 5.87. The molecule has 1 heterocycles. The molecule has 2 amide bonds. The van der Waals surface area contributed by atoms with E-state index in [2.05, 4.69) is 10.3 Å². The Kier molecular flexibility index (Phi) is 4.06. The first kappa shape index (κ1) is 13.9. The second kappa shape index (κ2) is 6.13. The fourth-order valence-electron chi connectivity index (χ4n) is 2.13. The van der Waals surface area contributed by atoms with Crippen molar-refractivity contribution in [1.82, 2.24) is 9.88 Å². The molecule has 1 aromatic carbocycles. The lowest BCUT2D eigenvalue weighted by molar-refractivity contribution is 0.206. The van der Waals surface area contributed by atoms with Gasteiger partial charge in [-0.1, -0.05) is 12.1 Å². The van der Waals surface area contributed by atoms with Crippen LogP contribution in [0.1, 0.15) is 18.4 Å². The highest BCUT2D eigenvalue weighted by Gasteiger charge is 2.32. The number of amides is 2. The summed E-state index contributed by atoms with van der Waals surface area (Å²) in [6, 6.07) is 8.07. The maximum atomic E-state index is 12.4. The fraction of sp³-hybridized carbons (Fsp3) is 0.333. The molecule has 1 N–H and O–H groups in total. The Balaban J connectivity index is 1.67. The molecule has 110 valence electrons. The highest BCUT2D eigenvalue weighted by atomic mass is 32.1. The first-order chi connectivity index (χ1) is 10.3. The van der Waals surface area contributed by atoms with Gasteiger partial charge in [-0.3, -0.25) is 5.32 Å². The summed E-state index contributed by atoms with van der Waals surface area (Å²) >= 11 is 1.43. The van der Waals surface area contributed by atoms with Gasteiger partial charge in [0.15, 0.2) is 5.13 Å². The molecule has 21 heavy (non-hydrogen) atoms. The van der Waals surface area contributed by atoms with Crippen molar-refractivity contribution in [3.8, 4) is 5.75 Å². The zero-order chi connectivity index (χ0) is 14.7. The average molecular weight is 303 g/mol. The number of nitrogens with zero attached hydrogens (tertiary/aromatic N) is 2. The smallest absolute Gasteiger partial charge is 0.324 e. The Hall–Kier alpha value is -2.08. The number of rotatable bonds is 5. The van der Waals surface area contributed by atoms with Crippen molar-refractivity contribution in [2.24, 2.45) is 0 Å². The molecule has 0 radical (unpaired) electrons. The van der Waals surface area contributed by atoms with Gasteiger partial charge in [-0.25, -0.2) is 9.78 Å². The molecular formula is C15H17N3O2S. The van der Waals surface area contributed by atoms with E-state index in [0.29, 0.717) is 17.7 Å². The van der Waals surface area contributed by atoms with Gasteiger partial charge in [0.05, 0.1) is 7.11 Å². The zero-order valence-corrected chi connectivity index (χ0v) is 12.6. The molecule has 0 unspecified atom stereocenters. The van der Waals surface area contributed by atoms with Gasteiger partial charge in [0, 0.05) is 24.2 Å². The summed E-state index contributed by atoms with van der Waals surface area (Å²) in [6.45, 7) is 0.603. The van der Waals surface area contributed by atoms with E-state index < -0.39 is 0 Å². The number of hydrogen-bond donors (Lipinski definition) is 1. The summed E-state index contributed by atoms with van der Waals surface area (Å²) in [6.07, 6.45) is 3.83. The molecule has 0 saturated heterocycles. The number of ether oxygens (including phenoxy) is 1. The fourth-order valence-corrected chi connectivity index (χ4v) is 2.65. The van der Waals surface area contributed by atoms with Crippen LogP contribution in [0.4, 0.5) is 9.93 Å². The third kappa shape index (κ3) is 3.52. The van der Waals surface area contributed by atoms with Gasteiger partial charge in [-0.15, -0.1) is 11.3 Å².